The summed E-state index contributed by atoms with van der Waals surface area (Å²) in [6, 6.07) is 10.4. The Morgan fingerprint density at radius 2 is 1.72 bits per heavy atom. The van der Waals surface area contributed by atoms with Crippen LogP contribution in [0.25, 0.3) is 21.8 Å². The van der Waals surface area contributed by atoms with E-state index in [4.69, 9.17) is 4.74 Å². The van der Waals surface area contributed by atoms with E-state index in [1.807, 2.05) is 24.3 Å². The molecule has 3 aromatic carbocycles. The number of piperidine rings is 1. The summed E-state index contributed by atoms with van der Waals surface area (Å²) in [6.07, 6.45) is 9.37. The second-order valence-electron chi connectivity index (χ2n) is 16.8. The van der Waals surface area contributed by atoms with Gasteiger partial charge in [-0.05, 0) is 131 Å². The number of halogens is 3. The third kappa shape index (κ3) is 7.48. The van der Waals surface area contributed by atoms with Crippen molar-refractivity contribution in [3.8, 4) is 11.5 Å². The number of fused-ring (bicyclic) bond motifs is 2. The summed E-state index contributed by atoms with van der Waals surface area (Å²) < 4.78 is 59.7. The third-order valence-corrected chi connectivity index (χ3v) is 14.2. The van der Waals surface area contributed by atoms with Gasteiger partial charge in [-0.15, -0.1) is 0 Å². The van der Waals surface area contributed by atoms with Gasteiger partial charge in [0.1, 0.15) is 11.6 Å². The molecule has 3 amide bonds. The maximum Gasteiger partial charge on any atom is 0.329 e. The molecule has 4 fully saturated rings. The molecular formula is C43H48F3N9O4S. The monoisotopic (exact) mass is 843 g/mol. The molecule has 17 heteroatoms. The number of nitrogens with one attached hydrogen (secondary N) is 2. The molecule has 0 unspecified atom stereocenters. The van der Waals surface area contributed by atoms with E-state index >= 15 is 8.78 Å². The summed E-state index contributed by atoms with van der Waals surface area (Å²) >= 11 is 1.18. The molecule has 13 nitrogen and oxygen atoms in total. The zero-order valence-electron chi connectivity index (χ0n) is 33.8. The number of rotatable bonds is 10. The fraction of sp³-hybridized carbons (Fsp3) is 0.465. The number of imide groups is 1. The van der Waals surface area contributed by atoms with Crippen LogP contribution >= 0.6 is 12.1 Å². The van der Waals surface area contributed by atoms with Crippen LogP contribution in [0.1, 0.15) is 82.2 Å². The number of anilines is 2. The van der Waals surface area contributed by atoms with Crippen LogP contribution in [0.15, 0.2) is 53.6 Å². The lowest BCUT2D eigenvalue weighted by Gasteiger charge is -2.54. The SMILES string of the molecule is CCN(C)SNc1ccc(F)c(Oc2ccc3ncn(C4CC5(CCN(C6CCC(c7cc8c(cc7F)c(N7CCC(=O)NC7=O)nn8C)CC6)CC5)C4)c(=O)c3c2)c1F. The third-order valence-electron chi connectivity index (χ3n) is 13.3. The molecule has 2 aliphatic carbocycles. The molecule has 1 spiro atoms. The van der Waals surface area contributed by atoms with Crippen molar-refractivity contribution < 1.29 is 27.5 Å². The van der Waals surface area contributed by atoms with E-state index in [0.29, 0.717) is 40.3 Å². The first-order chi connectivity index (χ1) is 28.9. The number of amides is 3. The molecule has 2 aromatic heterocycles. The largest absolute Gasteiger partial charge is 0.451 e. The second-order valence-corrected chi connectivity index (χ2v) is 17.8. The molecule has 0 radical (unpaired) electrons. The maximum absolute atomic E-state index is 15.8. The van der Waals surface area contributed by atoms with Crippen molar-refractivity contribution in [2.24, 2.45) is 12.5 Å². The summed E-state index contributed by atoms with van der Waals surface area (Å²) in [6.45, 7) is 4.84. The van der Waals surface area contributed by atoms with Crippen molar-refractivity contribution in [1.29, 1.82) is 0 Å². The van der Waals surface area contributed by atoms with Crippen LogP contribution in [0.4, 0.5) is 29.5 Å². The van der Waals surface area contributed by atoms with Crippen LogP contribution in [-0.2, 0) is 11.8 Å². The molecule has 316 valence electrons. The standard InChI is InChI=1S/C43H48F3N9O4S/c1-4-51(2)60-50-35-12-10-32(44)39(38(35)46)59-28-9-11-34-30(19-28)41(57)55(24-47-34)27-22-43(23-27)14-17-53(18-15-43)26-7-5-25(6-8-26)29-21-36-31(20-33(29)45)40(49-52(36)3)54-16-13-37(56)48-42(54)58/h9-12,19-21,24-27,50H,4-8,13-18,22-23H2,1-3H3,(H,48,56,58). The number of carbonyl (C=O) groups is 2. The number of hydrogen-bond donors (Lipinski definition) is 2. The Balaban J connectivity index is 0.805. The van der Waals surface area contributed by atoms with Gasteiger partial charge in [-0.1, -0.05) is 6.92 Å². The Bertz CT molecular complexity index is 2540. The highest BCUT2D eigenvalue weighted by molar-refractivity contribution is 7.98. The number of urea groups is 1. The minimum absolute atomic E-state index is 0.0151. The van der Waals surface area contributed by atoms with Crippen molar-refractivity contribution in [2.75, 3.05) is 42.8 Å². The molecular weight excluding hydrogens is 796 g/mol. The number of nitrogens with zero attached hydrogens (tertiary/aromatic N) is 7. The van der Waals surface area contributed by atoms with E-state index in [-0.39, 0.29) is 59.1 Å². The lowest BCUT2D eigenvalue weighted by molar-refractivity contribution is -0.120. The van der Waals surface area contributed by atoms with Gasteiger partial charge in [0.15, 0.2) is 17.5 Å². The molecule has 2 saturated carbocycles. The van der Waals surface area contributed by atoms with E-state index in [2.05, 4.69) is 25.0 Å². The Hall–Kier alpha value is -5.13. The molecule has 0 atom stereocenters. The number of aromatic nitrogens is 4. The second kappa shape index (κ2) is 16.0. The highest BCUT2D eigenvalue weighted by atomic mass is 32.2. The van der Waals surface area contributed by atoms with Crippen molar-refractivity contribution in [3.05, 3.63) is 82.2 Å². The van der Waals surface area contributed by atoms with Crippen molar-refractivity contribution in [1.82, 2.24) is 33.9 Å². The zero-order chi connectivity index (χ0) is 41.9. The Morgan fingerprint density at radius 1 is 0.950 bits per heavy atom. The normalized spacial score (nSPS) is 21.2. The predicted molar refractivity (Wildman–Crippen MR) is 225 cm³/mol. The van der Waals surface area contributed by atoms with Crippen molar-refractivity contribution >= 4 is 57.4 Å². The molecule has 0 bridgehead atoms. The highest BCUT2D eigenvalue weighted by Crippen LogP contribution is 2.55. The van der Waals surface area contributed by atoms with Crippen LogP contribution in [0, 0.1) is 22.9 Å². The lowest BCUT2D eigenvalue weighted by Crippen LogP contribution is -2.51. The Morgan fingerprint density at radius 3 is 2.45 bits per heavy atom. The molecule has 60 heavy (non-hydrogen) atoms. The van der Waals surface area contributed by atoms with Gasteiger partial charge >= 0.3 is 6.03 Å². The average Bonchev–Trinajstić information content (AvgIpc) is 3.55. The number of aryl methyl sites for hydroxylation is 1. The quantitative estimate of drug-likeness (QED) is 0.134. The van der Waals surface area contributed by atoms with Crippen molar-refractivity contribution in [3.63, 3.8) is 0 Å². The number of likely N-dealkylation sites (tertiary alicyclic amines) is 1. The van der Waals surface area contributed by atoms with Gasteiger partial charge in [-0.3, -0.25) is 29.1 Å². The first-order valence-corrected chi connectivity index (χ1v) is 21.5. The van der Waals surface area contributed by atoms with Crippen LogP contribution in [0.3, 0.4) is 0 Å². The minimum atomic E-state index is -0.869. The summed E-state index contributed by atoms with van der Waals surface area (Å²) in [4.78, 5) is 46.6. The highest BCUT2D eigenvalue weighted by Gasteiger charge is 2.47. The lowest BCUT2D eigenvalue weighted by atomic mass is 9.60. The summed E-state index contributed by atoms with van der Waals surface area (Å²) in [5.74, 6) is -2.32. The fourth-order valence-electron chi connectivity index (χ4n) is 9.67. The molecule has 4 aliphatic rings. The fourth-order valence-corrected chi connectivity index (χ4v) is 10.2. The van der Waals surface area contributed by atoms with E-state index in [1.54, 1.807) is 34.8 Å². The molecule has 2 N–H and O–H groups in total. The van der Waals surface area contributed by atoms with Gasteiger partial charge < -0.3 is 14.4 Å². The van der Waals surface area contributed by atoms with Crippen molar-refractivity contribution in [2.45, 2.75) is 82.7 Å². The van der Waals surface area contributed by atoms with Gasteiger partial charge in [-0.2, -0.15) is 5.10 Å². The van der Waals surface area contributed by atoms with Gasteiger partial charge in [0.25, 0.3) is 5.56 Å². The van der Waals surface area contributed by atoms with Crippen LogP contribution in [0.2, 0.25) is 0 Å². The van der Waals surface area contributed by atoms with E-state index < -0.39 is 23.4 Å². The van der Waals surface area contributed by atoms with Gasteiger partial charge in [0.2, 0.25) is 11.7 Å². The number of carbonyl (C=O) groups excluding carboxylic acids is 2. The van der Waals surface area contributed by atoms with E-state index in [9.17, 15) is 18.8 Å². The van der Waals surface area contributed by atoms with E-state index in [0.717, 1.165) is 76.0 Å². The van der Waals surface area contributed by atoms with Crippen LogP contribution in [-0.4, -0.2) is 79.7 Å². The first-order valence-electron chi connectivity index (χ1n) is 20.7. The number of hydrogen-bond acceptors (Lipinski definition) is 10. The number of benzene rings is 3. The van der Waals surface area contributed by atoms with Crippen LogP contribution in [0.5, 0.6) is 11.5 Å². The van der Waals surface area contributed by atoms with Crippen LogP contribution < -0.4 is 25.2 Å². The smallest absolute Gasteiger partial charge is 0.329 e. The molecule has 2 saturated heterocycles. The van der Waals surface area contributed by atoms with Gasteiger partial charge in [-0.25, -0.2) is 27.3 Å². The van der Waals surface area contributed by atoms with Gasteiger partial charge in [0.05, 0.1) is 28.4 Å². The Kier molecular flexibility index (Phi) is 10.8. The maximum atomic E-state index is 15.8. The zero-order valence-corrected chi connectivity index (χ0v) is 34.7. The number of ether oxygens (including phenoxy) is 1. The average molecular weight is 844 g/mol. The summed E-state index contributed by atoms with van der Waals surface area (Å²) in [7, 11) is 3.63. The first kappa shape index (κ1) is 40.3. The topological polar surface area (TPSA) is 130 Å². The molecule has 2 aliphatic heterocycles. The minimum Gasteiger partial charge on any atom is -0.451 e. The molecule has 9 rings (SSSR count). The molecule has 5 aromatic rings. The molecule has 4 heterocycles. The Labute approximate surface area is 349 Å². The summed E-state index contributed by atoms with van der Waals surface area (Å²) in [5, 5.41) is 7.73. The predicted octanol–water partition coefficient (Wildman–Crippen LogP) is 8.01. The summed E-state index contributed by atoms with van der Waals surface area (Å²) in [5.41, 5.74) is 1.96. The van der Waals surface area contributed by atoms with Gasteiger partial charge in [0, 0.05) is 56.2 Å². The van der Waals surface area contributed by atoms with E-state index in [1.165, 1.54) is 35.2 Å².